The molecule has 2 rings (SSSR count). The third-order valence-electron chi connectivity index (χ3n) is 4.56. The lowest BCUT2D eigenvalue weighted by Crippen LogP contribution is -2.48. The maximum Gasteiger partial charge on any atom is 0.176 e. The number of aromatic nitrogens is 4. The van der Waals surface area contributed by atoms with Crippen LogP contribution in [-0.4, -0.2) is 33.3 Å². The molecular weight excluding hydrogens is 262 g/mol. The standard InChI is InChI=1S/C16H25N5/c1-5-16(6-2,13-10-8-7-9-11-13)14(17-3)12-15-18-20-21(4)19-15/h7-11,14,17H,5-6,12H2,1-4H3. The fourth-order valence-corrected chi connectivity index (χ4v) is 3.28. The van der Waals surface area contributed by atoms with Gasteiger partial charge in [0.2, 0.25) is 0 Å². The van der Waals surface area contributed by atoms with Crippen molar-refractivity contribution in [1.29, 1.82) is 0 Å². The number of rotatable bonds is 7. The number of nitrogens with one attached hydrogen (secondary N) is 1. The van der Waals surface area contributed by atoms with Crippen LogP contribution in [0.2, 0.25) is 0 Å². The molecule has 1 aromatic heterocycles. The molecule has 5 heteroatoms. The average Bonchev–Trinajstić information content (AvgIpc) is 2.94. The van der Waals surface area contributed by atoms with E-state index in [9.17, 15) is 0 Å². The summed E-state index contributed by atoms with van der Waals surface area (Å²) >= 11 is 0. The number of likely N-dealkylation sites (N-methyl/N-ethyl adjacent to an activating group) is 1. The molecule has 0 aliphatic heterocycles. The van der Waals surface area contributed by atoms with E-state index in [2.05, 4.69) is 64.9 Å². The zero-order valence-corrected chi connectivity index (χ0v) is 13.4. The van der Waals surface area contributed by atoms with Gasteiger partial charge in [0.25, 0.3) is 0 Å². The van der Waals surface area contributed by atoms with Crippen LogP contribution >= 0.6 is 0 Å². The molecule has 0 saturated carbocycles. The topological polar surface area (TPSA) is 55.6 Å². The number of aryl methyl sites for hydroxylation is 1. The Morgan fingerprint density at radius 3 is 2.33 bits per heavy atom. The van der Waals surface area contributed by atoms with Gasteiger partial charge in [-0.25, -0.2) is 0 Å². The van der Waals surface area contributed by atoms with Crippen LogP contribution in [0.3, 0.4) is 0 Å². The zero-order valence-electron chi connectivity index (χ0n) is 13.4. The first-order valence-corrected chi connectivity index (χ1v) is 7.62. The maximum absolute atomic E-state index is 4.33. The molecule has 0 aliphatic rings. The minimum atomic E-state index is 0.0786. The minimum Gasteiger partial charge on any atom is -0.316 e. The van der Waals surface area contributed by atoms with Crippen LogP contribution in [0.25, 0.3) is 0 Å². The molecule has 1 unspecified atom stereocenters. The molecule has 0 saturated heterocycles. The summed E-state index contributed by atoms with van der Waals surface area (Å²) in [7, 11) is 3.82. The smallest absolute Gasteiger partial charge is 0.176 e. The Bertz CT molecular complexity index is 545. The third-order valence-corrected chi connectivity index (χ3v) is 4.56. The molecule has 0 bridgehead atoms. The van der Waals surface area contributed by atoms with Crippen molar-refractivity contribution in [1.82, 2.24) is 25.5 Å². The van der Waals surface area contributed by atoms with Crippen molar-refractivity contribution in [3.05, 3.63) is 41.7 Å². The minimum absolute atomic E-state index is 0.0786. The van der Waals surface area contributed by atoms with Gasteiger partial charge in [-0.15, -0.1) is 10.2 Å². The normalized spacial score (nSPS) is 13.3. The Kier molecular flexibility index (Phi) is 5.07. The van der Waals surface area contributed by atoms with E-state index in [1.807, 2.05) is 7.05 Å². The van der Waals surface area contributed by atoms with Crippen molar-refractivity contribution in [2.45, 2.75) is 44.6 Å². The highest BCUT2D eigenvalue weighted by atomic mass is 15.6. The lowest BCUT2D eigenvalue weighted by Gasteiger charge is -2.40. The zero-order chi connectivity index (χ0) is 15.3. The first-order valence-electron chi connectivity index (χ1n) is 7.62. The summed E-state index contributed by atoms with van der Waals surface area (Å²) in [6.45, 7) is 4.51. The lowest BCUT2D eigenvalue weighted by atomic mass is 9.69. The van der Waals surface area contributed by atoms with Crippen LogP contribution in [0.5, 0.6) is 0 Å². The van der Waals surface area contributed by atoms with Crippen molar-refractivity contribution in [3.8, 4) is 0 Å². The molecule has 2 aromatic rings. The monoisotopic (exact) mass is 287 g/mol. The molecule has 0 fully saturated rings. The van der Waals surface area contributed by atoms with Crippen LogP contribution in [0.4, 0.5) is 0 Å². The molecule has 1 aromatic carbocycles. The molecule has 0 radical (unpaired) electrons. The SMILES string of the molecule is CCC(CC)(c1ccccc1)C(Cc1nnn(C)n1)NC. The fraction of sp³-hybridized carbons (Fsp3) is 0.562. The van der Waals surface area contributed by atoms with Crippen molar-refractivity contribution >= 4 is 0 Å². The molecule has 1 heterocycles. The molecular formula is C16H25N5. The van der Waals surface area contributed by atoms with Crippen LogP contribution in [0, 0.1) is 0 Å². The summed E-state index contributed by atoms with van der Waals surface area (Å²) in [4.78, 5) is 1.52. The van der Waals surface area contributed by atoms with Gasteiger partial charge in [-0.3, -0.25) is 0 Å². The molecule has 21 heavy (non-hydrogen) atoms. The molecule has 1 N–H and O–H groups in total. The largest absolute Gasteiger partial charge is 0.316 e. The highest BCUT2D eigenvalue weighted by Gasteiger charge is 2.37. The van der Waals surface area contributed by atoms with Crippen LogP contribution < -0.4 is 5.32 Å². The first kappa shape index (κ1) is 15.6. The number of nitrogens with zero attached hydrogens (tertiary/aromatic N) is 4. The van der Waals surface area contributed by atoms with Gasteiger partial charge in [0.15, 0.2) is 5.82 Å². The van der Waals surface area contributed by atoms with Gasteiger partial charge in [0.05, 0.1) is 7.05 Å². The Hall–Kier alpha value is -1.75. The van der Waals surface area contributed by atoms with Gasteiger partial charge in [-0.1, -0.05) is 44.2 Å². The van der Waals surface area contributed by atoms with Gasteiger partial charge < -0.3 is 5.32 Å². The predicted molar refractivity (Wildman–Crippen MR) is 84.1 cm³/mol. The van der Waals surface area contributed by atoms with Crippen molar-refractivity contribution < 1.29 is 0 Å². The molecule has 0 amide bonds. The first-order chi connectivity index (χ1) is 10.2. The lowest BCUT2D eigenvalue weighted by molar-refractivity contribution is 0.277. The van der Waals surface area contributed by atoms with E-state index >= 15 is 0 Å². The van der Waals surface area contributed by atoms with E-state index in [4.69, 9.17) is 0 Å². The van der Waals surface area contributed by atoms with E-state index in [1.54, 1.807) is 7.05 Å². The van der Waals surface area contributed by atoms with Crippen LogP contribution in [0.1, 0.15) is 38.1 Å². The Balaban J connectivity index is 2.34. The van der Waals surface area contributed by atoms with Crippen LogP contribution in [-0.2, 0) is 18.9 Å². The summed E-state index contributed by atoms with van der Waals surface area (Å²) in [5.74, 6) is 0.791. The average molecular weight is 287 g/mol. The third kappa shape index (κ3) is 3.13. The van der Waals surface area contributed by atoms with E-state index < -0.39 is 0 Å². The second-order valence-electron chi connectivity index (χ2n) is 5.47. The Morgan fingerprint density at radius 2 is 1.86 bits per heavy atom. The maximum atomic E-state index is 4.33. The molecule has 114 valence electrons. The number of benzene rings is 1. The predicted octanol–water partition coefficient (Wildman–Crippen LogP) is 2.10. The quantitative estimate of drug-likeness (QED) is 0.847. The number of hydrogen-bond donors (Lipinski definition) is 1. The number of hydrogen-bond acceptors (Lipinski definition) is 4. The van der Waals surface area contributed by atoms with Crippen molar-refractivity contribution in [2.24, 2.45) is 7.05 Å². The molecule has 5 nitrogen and oxygen atoms in total. The summed E-state index contributed by atoms with van der Waals surface area (Å²) < 4.78 is 0. The fourth-order valence-electron chi connectivity index (χ4n) is 3.28. The second-order valence-corrected chi connectivity index (χ2v) is 5.47. The van der Waals surface area contributed by atoms with E-state index in [0.717, 1.165) is 25.1 Å². The van der Waals surface area contributed by atoms with E-state index in [-0.39, 0.29) is 11.5 Å². The summed E-state index contributed by atoms with van der Waals surface area (Å²) in [5.41, 5.74) is 1.45. The Morgan fingerprint density at radius 1 is 1.19 bits per heavy atom. The van der Waals surface area contributed by atoms with Gasteiger partial charge in [0, 0.05) is 17.9 Å². The van der Waals surface area contributed by atoms with Gasteiger partial charge in [-0.2, -0.15) is 4.80 Å². The summed E-state index contributed by atoms with van der Waals surface area (Å²) in [5, 5.41) is 15.9. The van der Waals surface area contributed by atoms with Crippen LogP contribution in [0.15, 0.2) is 30.3 Å². The van der Waals surface area contributed by atoms with Crippen molar-refractivity contribution in [3.63, 3.8) is 0 Å². The van der Waals surface area contributed by atoms with Crippen molar-refractivity contribution in [2.75, 3.05) is 7.05 Å². The molecule has 0 aliphatic carbocycles. The molecule has 1 atom stereocenters. The van der Waals surface area contributed by atoms with Gasteiger partial charge >= 0.3 is 0 Å². The van der Waals surface area contributed by atoms with Gasteiger partial charge in [0.1, 0.15) is 0 Å². The second kappa shape index (κ2) is 6.80. The van der Waals surface area contributed by atoms with Gasteiger partial charge in [-0.05, 0) is 30.7 Å². The highest BCUT2D eigenvalue weighted by molar-refractivity contribution is 5.28. The summed E-state index contributed by atoms with van der Waals surface area (Å²) in [6.07, 6.45) is 2.92. The summed E-state index contributed by atoms with van der Waals surface area (Å²) in [6, 6.07) is 11.0. The Labute approximate surface area is 126 Å². The van der Waals surface area contributed by atoms with E-state index in [1.165, 1.54) is 10.4 Å². The highest BCUT2D eigenvalue weighted by Crippen LogP contribution is 2.36. The number of tetrazole rings is 1. The van der Waals surface area contributed by atoms with E-state index in [0.29, 0.717) is 0 Å². The molecule has 0 spiro atoms.